The molecule has 0 bridgehead atoms. The van der Waals surface area contributed by atoms with Crippen molar-refractivity contribution in [2.24, 2.45) is 11.8 Å². The second-order valence-corrected chi connectivity index (χ2v) is 5.78. The predicted molar refractivity (Wildman–Crippen MR) is 65.1 cm³/mol. The van der Waals surface area contributed by atoms with Gasteiger partial charge in [0.1, 0.15) is 0 Å². The SMILES string of the molecule is CC(C)C(NC1CCC(=O)N(C)C1)C1CC1. The zero-order chi connectivity index (χ0) is 11.7. The van der Waals surface area contributed by atoms with Gasteiger partial charge in [-0.05, 0) is 31.1 Å². The zero-order valence-corrected chi connectivity index (χ0v) is 10.7. The van der Waals surface area contributed by atoms with Crippen LogP contribution in [0.1, 0.15) is 39.5 Å². The molecule has 0 spiro atoms. The quantitative estimate of drug-likeness (QED) is 0.787. The van der Waals surface area contributed by atoms with Gasteiger partial charge in [-0.2, -0.15) is 0 Å². The number of hydrogen-bond donors (Lipinski definition) is 1. The molecule has 1 heterocycles. The van der Waals surface area contributed by atoms with Gasteiger partial charge in [0.25, 0.3) is 0 Å². The van der Waals surface area contributed by atoms with E-state index in [1.54, 1.807) is 0 Å². The van der Waals surface area contributed by atoms with E-state index in [9.17, 15) is 4.79 Å². The fourth-order valence-electron chi connectivity index (χ4n) is 2.75. The minimum Gasteiger partial charge on any atom is -0.344 e. The van der Waals surface area contributed by atoms with Crippen LogP contribution in [-0.4, -0.2) is 36.5 Å². The third kappa shape index (κ3) is 2.76. The van der Waals surface area contributed by atoms with Crippen molar-refractivity contribution < 1.29 is 4.79 Å². The Balaban J connectivity index is 1.86. The fraction of sp³-hybridized carbons (Fsp3) is 0.923. The molecule has 0 aromatic carbocycles. The van der Waals surface area contributed by atoms with Crippen molar-refractivity contribution in [2.75, 3.05) is 13.6 Å². The molecule has 2 rings (SSSR count). The van der Waals surface area contributed by atoms with Gasteiger partial charge in [0.15, 0.2) is 0 Å². The molecule has 2 aliphatic rings. The summed E-state index contributed by atoms with van der Waals surface area (Å²) in [5.41, 5.74) is 0. The molecule has 0 aromatic rings. The van der Waals surface area contributed by atoms with Crippen molar-refractivity contribution in [3.05, 3.63) is 0 Å². The molecular formula is C13H24N2O. The standard InChI is InChI=1S/C13H24N2O/c1-9(2)13(10-4-5-10)14-11-6-7-12(16)15(3)8-11/h9-11,13-14H,4-8H2,1-3H3. The van der Waals surface area contributed by atoms with Crippen LogP contribution in [-0.2, 0) is 4.79 Å². The van der Waals surface area contributed by atoms with Crippen molar-refractivity contribution in [2.45, 2.75) is 51.6 Å². The van der Waals surface area contributed by atoms with E-state index in [0.717, 1.165) is 18.9 Å². The Morgan fingerprint density at radius 1 is 1.31 bits per heavy atom. The minimum atomic E-state index is 0.297. The summed E-state index contributed by atoms with van der Waals surface area (Å²) < 4.78 is 0. The van der Waals surface area contributed by atoms with Crippen molar-refractivity contribution >= 4 is 5.91 Å². The number of piperidine rings is 1. The summed E-state index contributed by atoms with van der Waals surface area (Å²) in [4.78, 5) is 13.3. The number of carbonyl (C=O) groups excluding carboxylic acids is 1. The van der Waals surface area contributed by atoms with Gasteiger partial charge in [-0.25, -0.2) is 0 Å². The summed E-state index contributed by atoms with van der Waals surface area (Å²) in [5.74, 6) is 1.89. The second kappa shape index (κ2) is 4.74. The van der Waals surface area contributed by atoms with Crippen LogP contribution in [0.5, 0.6) is 0 Å². The zero-order valence-electron chi connectivity index (χ0n) is 10.7. The number of nitrogens with one attached hydrogen (secondary N) is 1. The maximum absolute atomic E-state index is 11.4. The predicted octanol–water partition coefficient (Wildman–Crippen LogP) is 1.63. The monoisotopic (exact) mass is 224 g/mol. The topological polar surface area (TPSA) is 32.3 Å². The van der Waals surface area contributed by atoms with Crippen LogP contribution in [0.3, 0.4) is 0 Å². The van der Waals surface area contributed by atoms with Crippen molar-refractivity contribution in [1.82, 2.24) is 10.2 Å². The summed E-state index contributed by atoms with van der Waals surface area (Å²) in [6, 6.07) is 1.17. The van der Waals surface area contributed by atoms with Crippen LogP contribution in [0.2, 0.25) is 0 Å². The first-order valence-electron chi connectivity index (χ1n) is 6.58. The van der Waals surface area contributed by atoms with Crippen molar-refractivity contribution in [3.8, 4) is 0 Å². The fourth-order valence-corrected chi connectivity index (χ4v) is 2.75. The Labute approximate surface area is 98.6 Å². The van der Waals surface area contributed by atoms with E-state index in [1.807, 2.05) is 11.9 Å². The Hall–Kier alpha value is -0.570. The molecular weight excluding hydrogens is 200 g/mol. The normalized spacial score (nSPS) is 28.6. The van der Waals surface area contributed by atoms with E-state index in [4.69, 9.17) is 0 Å². The molecule has 92 valence electrons. The summed E-state index contributed by atoms with van der Waals surface area (Å²) >= 11 is 0. The molecule has 1 N–H and O–H groups in total. The molecule has 0 radical (unpaired) electrons. The van der Waals surface area contributed by atoms with Crippen LogP contribution < -0.4 is 5.32 Å². The molecule has 3 nitrogen and oxygen atoms in total. The highest BCUT2D eigenvalue weighted by molar-refractivity contribution is 5.76. The van der Waals surface area contributed by atoms with Gasteiger partial charge >= 0.3 is 0 Å². The number of likely N-dealkylation sites (tertiary alicyclic amines) is 1. The summed E-state index contributed by atoms with van der Waals surface area (Å²) in [6.45, 7) is 5.48. The van der Waals surface area contributed by atoms with Gasteiger partial charge < -0.3 is 10.2 Å². The van der Waals surface area contributed by atoms with Crippen LogP contribution in [0, 0.1) is 11.8 Å². The van der Waals surface area contributed by atoms with E-state index in [2.05, 4.69) is 19.2 Å². The summed E-state index contributed by atoms with van der Waals surface area (Å²) in [7, 11) is 1.91. The van der Waals surface area contributed by atoms with E-state index < -0.39 is 0 Å². The lowest BCUT2D eigenvalue weighted by Gasteiger charge is -2.34. The van der Waals surface area contributed by atoms with Gasteiger partial charge in [0.05, 0.1) is 0 Å². The van der Waals surface area contributed by atoms with E-state index in [-0.39, 0.29) is 0 Å². The molecule has 16 heavy (non-hydrogen) atoms. The highest BCUT2D eigenvalue weighted by atomic mass is 16.2. The molecule has 2 unspecified atom stereocenters. The molecule has 0 aromatic heterocycles. The van der Waals surface area contributed by atoms with Gasteiger partial charge in [-0.3, -0.25) is 4.79 Å². The van der Waals surface area contributed by atoms with Crippen LogP contribution in [0.25, 0.3) is 0 Å². The lowest BCUT2D eigenvalue weighted by Crippen LogP contribution is -2.51. The van der Waals surface area contributed by atoms with Crippen LogP contribution in [0.4, 0.5) is 0 Å². The minimum absolute atomic E-state index is 0.297. The lowest BCUT2D eigenvalue weighted by atomic mass is 9.96. The summed E-state index contributed by atoms with van der Waals surface area (Å²) in [5, 5.41) is 3.77. The summed E-state index contributed by atoms with van der Waals surface area (Å²) in [6.07, 6.45) is 4.50. The average molecular weight is 224 g/mol. The average Bonchev–Trinajstić information content (AvgIpc) is 3.03. The number of rotatable bonds is 4. The van der Waals surface area contributed by atoms with Crippen LogP contribution in [0.15, 0.2) is 0 Å². The number of likely N-dealkylation sites (N-methyl/N-ethyl adjacent to an activating group) is 1. The number of nitrogens with zero attached hydrogens (tertiary/aromatic N) is 1. The van der Waals surface area contributed by atoms with Crippen molar-refractivity contribution in [1.29, 1.82) is 0 Å². The first-order valence-corrected chi connectivity index (χ1v) is 6.58. The molecule has 3 heteroatoms. The number of hydrogen-bond acceptors (Lipinski definition) is 2. The molecule has 1 aliphatic carbocycles. The van der Waals surface area contributed by atoms with Crippen molar-refractivity contribution in [3.63, 3.8) is 0 Å². The van der Waals surface area contributed by atoms with Gasteiger partial charge in [0.2, 0.25) is 5.91 Å². The molecule has 1 amide bonds. The molecule has 2 fully saturated rings. The third-order valence-corrected chi connectivity index (χ3v) is 3.90. The highest BCUT2D eigenvalue weighted by Crippen LogP contribution is 2.36. The second-order valence-electron chi connectivity index (χ2n) is 5.78. The van der Waals surface area contributed by atoms with Gasteiger partial charge in [0, 0.05) is 32.1 Å². The maximum atomic E-state index is 11.4. The first kappa shape index (κ1) is 11.9. The highest BCUT2D eigenvalue weighted by Gasteiger charge is 2.35. The largest absolute Gasteiger partial charge is 0.344 e. The molecule has 1 saturated carbocycles. The van der Waals surface area contributed by atoms with E-state index in [0.29, 0.717) is 30.3 Å². The molecule has 1 aliphatic heterocycles. The van der Waals surface area contributed by atoms with Gasteiger partial charge in [-0.15, -0.1) is 0 Å². The number of amides is 1. The Kier molecular flexibility index (Phi) is 3.53. The molecule has 1 saturated heterocycles. The Morgan fingerprint density at radius 3 is 2.50 bits per heavy atom. The first-order chi connectivity index (χ1) is 7.58. The number of carbonyl (C=O) groups is 1. The Bertz CT molecular complexity index is 259. The third-order valence-electron chi connectivity index (χ3n) is 3.90. The Morgan fingerprint density at radius 2 is 2.00 bits per heavy atom. The maximum Gasteiger partial charge on any atom is 0.222 e. The lowest BCUT2D eigenvalue weighted by molar-refractivity contribution is -0.132. The van der Waals surface area contributed by atoms with E-state index >= 15 is 0 Å². The van der Waals surface area contributed by atoms with E-state index in [1.165, 1.54) is 12.8 Å². The van der Waals surface area contributed by atoms with Crippen LogP contribution >= 0.6 is 0 Å². The van der Waals surface area contributed by atoms with Gasteiger partial charge in [-0.1, -0.05) is 13.8 Å². The molecule has 2 atom stereocenters. The smallest absolute Gasteiger partial charge is 0.222 e.